The van der Waals surface area contributed by atoms with Crippen molar-refractivity contribution in [1.29, 1.82) is 0 Å². The van der Waals surface area contributed by atoms with Crippen LogP contribution in [-0.2, 0) is 11.2 Å². The summed E-state index contributed by atoms with van der Waals surface area (Å²) in [7, 11) is 0. The van der Waals surface area contributed by atoms with Crippen molar-refractivity contribution in [3.05, 3.63) is 59.2 Å². The van der Waals surface area contributed by atoms with Gasteiger partial charge in [-0.15, -0.1) is 0 Å². The minimum Gasteiger partial charge on any atom is -0.454 e. The van der Waals surface area contributed by atoms with E-state index in [-0.39, 0.29) is 5.75 Å². The number of carbonyl (C=O) groups is 1. The van der Waals surface area contributed by atoms with Crippen LogP contribution >= 0.6 is 0 Å². The maximum Gasteiger partial charge on any atom is 0.387 e. The van der Waals surface area contributed by atoms with E-state index in [1.54, 1.807) is 12.1 Å². The number of cyclic esters (lactones) is 1. The number of piperazine rings is 1. The average Bonchev–Trinajstić information content (AvgIpc) is 2.67. The SMILES string of the molecule is C[C@H]1CN(c2ccc3c(c2)C(=O)OC(c2cccc(OC(F)F)c2)C3)CCN1. The molecule has 2 aromatic rings. The van der Waals surface area contributed by atoms with Crippen LogP contribution in [0.1, 0.15) is 34.5 Å². The summed E-state index contributed by atoms with van der Waals surface area (Å²) in [5.41, 5.74) is 3.11. The average molecular weight is 388 g/mol. The van der Waals surface area contributed by atoms with Gasteiger partial charge < -0.3 is 19.7 Å². The Balaban J connectivity index is 1.55. The number of anilines is 1. The highest BCUT2D eigenvalue weighted by atomic mass is 19.3. The molecule has 0 aliphatic carbocycles. The molecule has 2 heterocycles. The number of nitrogens with one attached hydrogen (secondary N) is 1. The van der Waals surface area contributed by atoms with Crippen molar-refractivity contribution in [1.82, 2.24) is 5.32 Å². The van der Waals surface area contributed by atoms with Crippen LogP contribution < -0.4 is 15.0 Å². The van der Waals surface area contributed by atoms with Crippen LogP contribution in [0.4, 0.5) is 14.5 Å². The number of fused-ring (bicyclic) bond motifs is 1. The van der Waals surface area contributed by atoms with Gasteiger partial charge in [0.2, 0.25) is 0 Å². The van der Waals surface area contributed by atoms with E-state index >= 15 is 0 Å². The van der Waals surface area contributed by atoms with Gasteiger partial charge in [0.1, 0.15) is 11.9 Å². The number of rotatable bonds is 4. The number of esters is 1. The van der Waals surface area contributed by atoms with E-state index in [9.17, 15) is 13.6 Å². The molecule has 1 saturated heterocycles. The van der Waals surface area contributed by atoms with Crippen LogP contribution in [0.5, 0.6) is 5.75 Å². The molecule has 4 rings (SSSR count). The highest BCUT2D eigenvalue weighted by Gasteiger charge is 2.29. The monoisotopic (exact) mass is 388 g/mol. The first-order chi connectivity index (χ1) is 13.5. The molecule has 1 unspecified atom stereocenters. The van der Waals surface area contributed by atoms with E-state index in [1.165, 1.54) is 12.1 Å². The van der Waals surface area contributed by atoms with E-state index in [4.69, 9.17) is 4.74 Å². The third kappa shape index (κ3) is 3.94. The minimum absolute atomic E-state index is 0.0533. The summed E-state index contributed by atoms with van der Waals surface area (Å²) in [6.07, 6.45) is -0.0245. The number of hydrogen-bond donors (Lipinski definition) is 1. The Hall–Kier alpha value is -2.67. The Bertz CT molecular complexity index is 874. The zero-order valence-electron chi connectivity index (χ0n) is 15.5. The molecule has 0 radical (unpaired) electrons. The Morgan fingerprint density at radius 2 is 2.11 bits per heavy atom. The van der Waals surface area contributed by atoms with Crippen molar-refractivity contribution in [2.75, 3.05) is 24.5 Å². The van der Waals surface area contributed by atoms with Crippen molar-refractivity contribution in [3.8, 4) is 5.75 Å². The molecule has 148 valence electrons. The third-order valence-electron chi connectivity index (χ3n) is 5.16. The van der Waals surface area contributed by atoms with Crippen LogP contribution in [0.15, 0.2) is 42.5 Å². The van der Waals surface area contributed by atoms with Crippen LogP contribution in [0, 0.1) is 0 Å². The predicted octanol–water partition coefficient (Wildman–Crippen LogP) is 3.54. The molecule has 0 bridgehead atoms. The van der Waals surface area contributed by atoms with E-state index in [0.29, 0.717) is 23.6 Å². The van der Waals surface area contributed by atoms with Gasteiger partial charge in [0.25, 0.3) is 0 Å². The normalized spacial score (nSPS) is 22.0. The second kappa shape index (κ2) is 7.75. The summed E-state index contributed by atoms with van der Waals surface area (Å²) in [6, 6.07) is 12.6. The number of alkyl halides is 2. The third-order valence-corrected chi connectivity index (χ3v) is 5.16. The van der Waals surface area contributed by atoms with Crippen molar-refractivity contribution in [3.63, 3.8) is 0 Å². The van der Waals surface area contributed by atoms with Crippen LogP contribution in [-0.4, -0.2) is 38.3 Å². The lowest BCUT2D eigenvalue weighted by atomic mass is 9.94. The Kier molecular flexibility index (Phi) is 5.17. The summed E-state index contributed by atoms with van der Waals surface area (Å²) in [4.78, 5) is 14.9. The number of benzene rings is 2. The lowest BCUT2D eigenvalue weighted by Gasteiger charge is -2.34. The molecule has 2 atom stereocenters. The van der Waals surface area contributed by atoms with Crippen LogP contribution in [0.2, 0.25) is 0 Å². The molecule has 2 aliphatic rings. The molecule has 0 saturated carbocycles. The topological polar surface area (TPSA) is 50.8 Å². The fraction of sp³-hybridized carbons (Fsp3) is 0.381. The van der Waals surface area contributed by atoms with Crippen molar-refractivity contribution >= 4 is 11.7 Å². The number of carbonyl (C=O) groups excluding carboxylic acids is 1. The largest absolute Gasteiger partial charge is 0.454 e. The van der Waals surface area contributed by atoms with Crippen molar-refractivity contribution < 1.29 is 23.0 Å². The summed E-state index contributed by atoms with van der Waals surface area (Å²) in [6.45, 7) is 1.92. The van der Waals surface area contributed by atoms with E-state index < -0.39 is 18.7 Å². The maximum atomic E-state index is 12.6. The molecule has 1 N–H and O–H groups in total. The molecule has 0 spiro atoms. The van der Waals surface area contributed by atoms with Crippen molar-refractivity contribution in [2.45, 2.75) is 32.1 Å². The molecule has 28 heavy (non-hydrogen) atoms. The summed E-state index contributed by atoms with van der Waals surface area (Å²) in [5, 5.41) is 3.40. The smallest absolute Gasteiger partial charge is 0.387 e. The number of ether oxygens (including phenoxy) is 2. The molecular formula is C21H22F2N2O3. The van der Waals surface area contributed by atoms with E-state index in [1.807, 2.05) is 18.2 Å². The second-order valence-electron chi connectivity index (χ2n) is 7.19. The van der Waals surface area contributed by atoms with E-state index in [0.717, 1.165) is 30.9 Å². The molecule has 1 fully saturated rings. The van der Waals surface area contributed by atoms with Crippen molar-refractivity contribution in [2.24, 2.45) is 0 Å². The molecule has 5 nitrogen and oxygen atoms in total. The quantitative estimate of drug-likeness (QED) is 0.812. The van der Waals surface area contributed by atoms with Crippen LogP contribution in [0.3, 0.4) is 0 Å². The first kappa shape index (κ1) is 18.7. The molecule has 2 aliphatic heterocycles. The van der Waals surface area contributed by atoms with Gasteiger partial charge in [-0.2, -0.15) is 8.78 Å². The van der Waals surface area contributed by atoms with Gasteiger partial charge in [-0.25, -0.2) is 4.79 Å². The fourth-order valence-corrected chi connectivity index (χ4v) is 3.81. The Morgan fingerprint density at radius 1 is 1.25 bits per heavy atom. The lowest BCUT2D eigenvalue weighted by Crippen LogP contribution is -2.49. The zero-order valence-corrected chi connectivity index (χ0v) is 15.5. The van der Waals surface area contributed by atoms with Gasteiger partial charge in [0.05, 0.1) is 5.56 Å². The van der Waals surface area contributed by atoms with Gasteiger partial charge in [0.15, 0.2) is 0 Å². The predicted molar refractivity (Wildman–Crippen MR) is 101 cm³/mol. The maximum absolute atomic E-state index is 12.6. The summed E-state index contributed by atoms with van der Waals surface area (Å²) < 4.78 is 35.0. The van der Waals surface area contributed by atoms with Gasteiger partial charge >= 0.3 is 12.6 Å². The summed E-state index contributed by atoms with van der Waals surface area (Å²) >= 11 is 0. The minimum atomic E-state index is -2.89. The highest BCUT2D eigenvalue weighted by molar-refractivity contribution is 5.93. The first-order valence-corrected chi connectivity index (χ1v) is 9.36. The Morgan fingerprint density at radius 3 is 2.89 bits per heavy atom. The highest BCUT2D eigenvalue weighted by Crippen LogP contribution is 2.34. The molecule has 7 heteroatoms. The molecular weight excluding hydrogens is 366 g/mol. The first-order valence-electron chi connectivity index (χ1n) is 9.36. The number of halogens is 2. The van der Waals surface area contributed by atoms with Gasteiger partial charge in [-0.05, 0) is 42.3 Å². The van der Waals surface area contributed by atoms with Gasteiger partial charge in [0, 0.05) is 37.8 Å². The second-order valence-corrected chi connectivity index (χ2v) is 7.19. The van der Waals surface area contributed by atoms with E-state index in [2.05, 4.69) is 21.9 Å². The summed E-state index contributed by atoms with van der Waals surface area (Å²) in [5.74, 6) is -0.339. The number of nitrogens with zero attached hydrogens (tertiary/aromatic N) is 1. The van der Waals surface area contributed by atoms with Gasteiger partial charge in [-0.3, -0.25) is 0 Å². The molecule has 0 amide bonds. The Labute approximate surface area is 162 Å². The zero-order chi connectivity index (χ0) is 19.7. The molecule has 2 aromatic carbocycles. The molecule has 0 aromatic heterocycles. The van der Waals surface area contributed by atoms with Gasteiger partial charge in [-0.1, -0.05) is 18.2 Å². The standard InChI is InChI=1S/C21H22F2N2O3/c1-13-12-25(8-7-24-13)16-6-5-14-10-19(28-20(26)18(14)11-16)15-3-2-4-17(9-15)27-21(22)23/h2-6,9,11,13,19,21,24H,7-8,10,12H2,1H3/t13-,19?/m0/s1. The van der Waals surface area contributed by atoms with Crippen LogP contribution in [0.25, 0.3) is 0 Å². The lowest BCUT2D eigenvalue weighted by molar-refractivity contribution is -0.0500. The number of hydrogen-bond acceptors (Lipinski definition) is 5. The fourth-order valence-electron chi connectivity index (χ4n) is 3.81.